The standard InChI is InChI=1S/C15H25NO/c1-12(2)8-10-17-11-9-15(16)14-7-5-4-6-13(14)3/h4-7,12,15H,8-11,16H2,1-3H3. The van der Waals surface area contributed by atoms with Gasteiger partial charge in [-0.2, -0.15) is 0 Å². The van der Waals surface area contributed by atoms with Crippen LogP contribution in [0.25, 0.3) is 0 Å². The van der Waals surface area contributed by atoms with E-state index in [1.165, 1.54) is 11.1 Å². The molecular weight excluding hydrogens is 210 g/mol. The summed E-state index contributed by atoms with van der Waals surface area (Å²) in [5, 5.41) is 0. The first-order valence-electron chi connectivity index (χ1n) is 6.50. The smallest absolute Gasteiger partial charge is 0.0484 e. The minimum absolute atomic E-state index is 0.0928. The summed E-state index contributed by atoms with van der Waals surface area (Å²) in [5.74, 6) is 0.708. The van der Waals surface area contributed by atoms with E-state index in [2.05, 4.69) is 32.9 Å². The van der Waals surface area contributed by atoms with Gasteiger partial charge in [-0.3, -0.25) is 0 Å². The lowest BCUT2D eigenvalue weighted by Gasteiger charge is -2.15. The van der Waals surface area contributed by atoms with Crippen LogP contribution in [0.4, 0.5) is 0 Å². The fraction of sp³-hybridized carbons (Fsp3) is 0.600. The summed E-state index contributed by atoms with van der Waals surface area (Å²) in [4.78, 5) is 0. The van der Waals surface area contributed by atoms with Crippen LogP contribution in [0.5, 0.6) is 0 Å². The van der Waals surface area contributed by atoms with Crippen molar-refractivity contribution in [3.8, 4) is 0 Å². The third-order valence-corrected chi connectivity index (χ3v) is 3.00. The molecule has 0 heterocycles. The second-order valence-electron chi connectivity index (χ2n) is 5.05. The SMILES string of the molecule is Cc1ccccc1C(N)CCOCCC(C)C. The number of hydrogen-bond donors (Lipinski definition) is 1. The number of aryl methyl sites for hydroxylation is 1. The van der Waals surface area contributed by atoms with Gasteiger partial charge in [0.05, 0.1) is 0 Å². The summed E-state index contributed by atoms with van der Waals surface area (Å²) in [5.41, 5.74) is 8.66. The van der Waals surface area contributed by atoms with Crippen LogP contribution in [0, 0.1) is 12.8 Å². The first-order valence-corrected chi connectivity index (χ1v) is 6.50. The summed E-state index contributed by atoms with van der Waals surface area (Å²) in [6.45, 7) is 8.13. The maximum atomic E-state index is 6.16. The monoisotopic (exact) mass is 235 g/mol. The lowest BCUT2D eigenvalue weighted by atomic mass is 10.00. The van der Waals surface area contributed by atoms with Crippen molar-refractivity contribution in [3.05, 3.63) is 35.4 Å². The quantitative estimate of drug-likeness (QED) is 0.735. The molecule has 0 aromatic heterocycles. The molecule has 2 nitrogen and oxygen atoms in total. The maximum absolute atomic E-state index is 6.16. The second kappa shape index (κ2) is 7.46. The van der Waals surface area contributed by atoms with E-state index in [-0.39, 0.29) is 6.04 Å². The Labute approximate surface area is 105 Å². The van der Waals surface area contributed by atoms with Crippen LogP contribution >= 0.6 is 0 Å². The largest absolute Gasteiger partial charge is 0.381 e. The van der Waals surface area contributed by atoms with Crippen molar-refractivity contribution < 1.29 is 4.74 Å². The van der Waals surface area contributed by atoms with Crippen LogP contribution in [-0.2, 0) is 4.74 Å². The first kappa shape index (κ1) is 14.2. The van der Waals surface area contributed by atoms with E-state index in [4.69, 9.17) is 10.5 Å². The van der Waals surface area contributed by atoms with Crippen molar-refractivity contribution in [2.75, 3.05) is 13.2 Å². The van der Waals surface area contributed by atoms with E-state index in [0.29, 0.717) is 5.92 Å². The van der Waals surface area contributed by atoms with E-state index in [9.17, 15) is 0 Å². The molecule has 1 atom stereocenters. The average Bonchev–Trinajstić information content (AvgIpc) is 2.28. The zero-order valence-electron chi connectivity index (χ0n) is 11.3. The number of rotatable bonds is 7. The normalized spacial score (nSPS) is 13.0. The molecule has 96 valence electrons. The van der Waals surface area contributed by atoms with E-state index >= 15 is 0 Å². The van der Waals surface area contributed by atoms with Crippen molar-refractivity contribution in [2.45, 2.75) is 39.7 Å². The predicted molar refractivity (Wildman–Crippen MR) is 73.0 cm³/mol. The minimum Gasteiger partial charge on any atom is -0.381 e. The minimum atomic E-state index is 0.0928. The zero-order chi connectivity index (χ0) is 12.7. The molecule has 1 aromatic rings. The summed E-state index contributed by atoms with van der Waals surface area (Å²) >= 11 is 0. The van der Waals surface area contributed by atoms with Gasteiger partial charge in [0.1, 0.15) is 0 Å². The number of benzene rings is 1. The number of hydrogen-bond acceptors (Lipinski definition) is 2. The highest BCUT2D eigenvalue weighted by Crippen LogP contribution is 2.17. The highest BCUT2D eigenvalue weighted by Gasteiger charge is 2.07. The van der Waals surface area contributed by atoms with Crippen molar-refractivity contribution in [1.82, 2.24) is 0 Å². The molecule has 1 rings (SSSR count). The van der Waals surface area contributed by atoms with Crippen molar-refractivity contribution in [3.63, 3.8) is 0 Å². The molecule has 0 saturated heterocycles. The Morgan fingerprint density at radius 3 is 2.41 bits per heavy atom. The van der Waals surface area contributed by atoms with Gasteiger partial charge in [0.2, 0.25) is 0 Å². The predicted octanol–water partition coefficient (Wildman–Crippen LogP) is 3.45. The summed E-state index contributed by atoms with van der Waals surface area (Å²) < 4.78 is 5.60. The van der Waals surface area contributed by atoms with Crippen LogP contribution in [0.3, 0.4) is 0 Å². The van der Waals surface area contributed by atoms with Gasteiger partial charge >= 0.3 is 0 Å². The molecular formula is C15H25NO. The van der Waals surface area contributed by atoms with Gasteiger partial charge in [0, 0.05) is 19.3 Å². The Hall–Kier alpha value is -0.860. The van der Waals surface area contributed by atoms with Gasteiger partial charge in [-0.25, -0.2) is 0 Å². The van der Waals surface area contributed by atoms with E-state index in [1.54, 1.807) is 0 Å². The van der Waals surface area contributed by atoms with E-state index in [0.717, 1.165) is 26.1 Å². The van der Waals surface area contributed by atoms with Gasteiger partial charge in [-0.1, -0.05) is 38.1 Å². The topological polar surface area (TPSA) is 35.2 Å². The fourth-order valence-electron chi connectivity index (χ4n) is 1.79. The Bertz CT molecular complexity index is 322. The van der Waals surface area contributed by atoms with Crippen molar-refractivity contribution >= 4 is 0 Å². The Balaban J connectivity index is 2.26. The van der Waals surface area contributed by atoms with E-state index in [1.807, 2.05) is 12.1 Å². The highest BCUT2D eigenvalue weighted by molar-refractivity contribution is 5.28. The molecule has 0 amide bonds. The average molecular weight is 235 g/mol. The van der Waals surface area contributed by atoms with Crippen LogP contribution in [-0.4, -0.2) is 13.2 Å². The zero-order valence-corrected chi connectivity index (χ0v) is 11.3. The molecule has 0 bridgehead atoms. The first-order chi connectivity index (χ1) is 8.11. The number of ether oxygens (including phenoxy) is 1. The van der Waals surface area contributed by atoms with Crippen LogP contribution in [0.2, 0.25) is 0 Å². The Morgan fingerprint density at radius 1 is 1.12 bits per heavy atom. The second-order valence-corrected chi connectivity index (χ2v) is 5.05. The molecule has 0 radical (unpaired) electrons. The molecule has 0 spiro atoms. The fourth-order valence-corrected chi connectivity index (χ4v) is 1.79. The lowest BCUT2D eigenvalue weighted by Crippen LogP contribution is -2.14. The van der Waals surface area contributed by atoms with Gasteiger partial charge in [-0.05, 0) is 36.8 Å². The van der Waals surface area contributed by atoms with Crippen LogP contribution < -0.4 is 5.73 Å². The molecule has 1 aromatic carbocycles. The summed E-state index contributed by atoms with van der Waals surface area (Å²) in [6.07, 6.45) is 2.02. The van der Waals surface area contributed by atoms with Crippen LogP contribution in [0.15, 0.2) is 24.3 Å². The molecule has 2 heteroatoms. The third-order valence-electron chi connectivity index (χ3n) is 3.00. The molecule has 0 saturated carbocycles. The summed E-state index contributed by atoms with van der Waals surface area (Å²) in [6, 6.07) is 8.39. The Morgan fingerprint density at radius 2 is 1.76 bits per heavy atom. The molecule has 0 aliphatic rings. The van der Waals surface area contributed by atoms with Gasteiger partial charge in [0.25, 0.3) is 0 Å². The van der Waals surface area contributed by atoms with E-state index < -0.39 is 0 Å². The summed E-state index contributed by atoms with van der Waals surface area (Å²) in [7, 11) is 0. The molecule has 0 fully saturated rings. The van der Waals surface area contributed by atoms with Crippen LogP contribution in [0.1, 0.15) is 43.9 Å². The molecule has 1 unspecified atom stereocenters. The number of nitrogens with two attached hydrogens (primary N) is 1. The van der Waals surface area contributed by atoms with Gasteiger partial charge in [-0.15, -0.1) is 0 Å². The molecule has 0 aliphatic heterocycles. The maximum Gasteiger partial charge on any atom is 0.0484 e. The van der Waals surface area contributed by atoms with Gasteiger partial charge in [0.15, 0.2) is 0 Å². The molecule has 2 N–H and O–H groups in total. The highest BCUT2D eigenvalue weighted by atomic mass is 16.5. The lowest BCUT2D eigenvalue weighted by molar-refractivity contribution is 0.117. The Kier molecular flexibility index (Phi) is 6.23. The van der Waals surface area contributed by atoms with Crippen molar-refractivity contribution in [1.29, 1.82) is 0 Å². The van der Waals surface area contributed by atoms with Gasteiger partial charge < -0.3 is 10.5 Å². The molecule has 0 aliphatic carbocycles. The van der Waals surface area contributed by atoms with Crippen molar-refractivity contribution in [2.24, 2.45) is 11.7 Å². The molecule has 17 heavy (non-hydrogen) atoms. The third kappa shape index (κ3) is 5.33.